The molecule has 9 N–H and O–H groups in total. The predicted molar refractivity (Wildman–Crippen MR) is 345 cm³/mol. The van der Waals surface area contributed by atoms with Crippen molar-refractivity contribution in [2.45, 2.75) is 120 Å². The van der Waals surface area contributed by atoms with Gasteiger partial charge in [0, 0.05) is 77.9 Å². The van der Waals surface area contributed by atoms with Gasteiger partial charge in [0.1, 0.15) is 0 Å². The minimum absolute atomic E-state index is 0.0169. The van der Waals surface area contributed by atoms with E-state index in [0.717, 1.165) is 65.7 Å². The molecule has 0 spiro atoms. The molecule has 1 saturated carbocycles. The first-order chi connectivity index (χ1) is 42.8. The Morgan fingerprint density at radius 1 is 0.640 bits per heavy atom. The van der Waals surface area contributed by atoms with Gasteiger partial charge < -0.3 is 61.7 Å². The van der Waals surface area contributed by atoms with Crippen LogP contribution in [0, 0.1) is 0 Å². The van der Waals surface area contributed by atoms with Crippen molar-refractivity contribution in [2.75, 3.05) is 75.6 Å². The molecule has 4 aromatic carbocycles. The number of amides is 8. The van der Waals surface area contributed by atoms with Crippen molar-refractivity contribution in [2.24, 2.45) is 0 Å². The Morgan fingerprint density at radius 2 is 1.16 bits per heavy atom. The molecule has 0 bridgehead atoms. The fourth-order valence-electron chi connectivity index (χ4n) is 12.8. The molecule has 6 atom stereocenters. The number of anilines is 4. The summed E-state index contributed by atoms with van der Waals surface area (Å²) in [5.74, 6) is 0.288. The van der Waals surface area contributed by atoms with E-state index >= 15 is 0 Å². The van der Waals surface area contributed by atoms with Gasteiger partial charge in [-0.15, -0.1) is 0 Å². The first-order valence-electron chi connectivity index (χ1n) is 30.7. The molecule has 2 unspecified atom stereocenters. The topological polar surface area (TPSA) is 260 Å². The number of benzene rings is 4. The molecule has 8 amide bonds. The molecule has 3 aliphatic heterocycles. The molecule has 468 valence electrons. The van der Waals surface area contributed by atoms with E-state index in [9.17, 15) is 28.8 Å². The lowest BCUT2D eigenvalue weighted by Crippen LogP contribution is -2.49. The summed E-state index contributed by atoms with van der Waals surface area (Å²) in [6.07, 6.45) is 9.53. The minimum Gasteiger partial charge on any atom is -0.366 e. The molecule has 5 heterocycles. The van der Waals surface area contributed by atoms with Gasteiger partial charge in [0.05, 0.1) is 47.6 Å². The van der Waals surface area contributed by atoms with Gasteiger partial charge in [-0.05, 0) is 166 Å². The van der Waals surface area contributed by atoms with Crippen LogP contribution >= 0.6 is 0 Å². The van der Waals surface area contributed by atoms with Gasteiger partial charge in [-0.1, -0.05) is 73.3 Å². The fourth-order valence-corrected chi connectivity index (χ4v) is 12.8. The summed E-state index contributed by atoms with van der Waals surface area (Å²) in [4.78, 5) is 91.2. The molecular weight excluding hydrogens is 1120 g/mol. The standard InChI is InChI=1S/C67H84N16O6/c1-9-56(84)68-47-31-27-45(28-32-47)62(86)72-50-24-16-23-49(37-50)70-61-53-40-83(65(89)74-55(42-80(7)8)44-21-14-11-15-22-44)67(4,59(53)76-78-61)35-17-26-57(85)69-48-33-29-46(30-34-48)63(87)81-36-18-25-51(38-81)71-60-52-39-82(66(2,3)58(52)75-77-60)64(88)73-54(41-79(5)6)43-19-12-10-13-20-43/h9-15,17,19-22,26-34,49-51,54-55H,1,16,18,23-25,35-42H2,2-8H3,(H,68,84)(H,69,85)(H,72,86)(H,73,88)(H,74,89)(H2,70,76,78)(H2,71,75,77)/b26-17-/t49-,50-,51?,54-,55-,67?/m1/s1. The average molecular weight is 1210 g/mol. The van der Waals surface area contributed by atoms with Gasteiger partial charge in [-0.2, -0.15) is 10.2 Å². The highest BCUT2D eigenvalue weighted by Crippen LogP contribution is 2.45. The molecule has 22 nitrogen and oxygen atoms in total. The molecule has 2 fully saturated rings. The van der Waals surface area contributed by atoms with Gasteiger partial charge in [-0.3, -0.25) is 29.4 Å². The van der Waals surface area contributed by atoms with Gasteiger partial charge >= 0.3 is 12.1 Å². The first-order valence-corrected chi connectivity index (χ1v) is 30.7. The summed E-state index contributed by atoms with van der Waals surface area (Å²) in [6, 6.07) is 32.4. The third kappa shape index (κ3) is 14.7. The third-order valence-electron chi connectivity index (χ3n) is 17.6. The molecule has 6 aromatic rings. The van der Waals surface area contributed by atoms with Gasteiger partial charge in [-0.25, -0.2) is 9.59 Å². The second-order valence-corrected chi connectivity index (χ2v) is 25.1. The number of nitrogens with zero attached hydrogens (tertiary/aromatic N) is 7. The quantitative estimate of drug-likeness (QED) is 0.0306. The maximum absolute atomic E-state index is 14.7. The lowest BCUT2D eigenvalue weighted by Gasteiger charge is -2.36. The normalized spacial score (nSPS) is 20.1. The highest BCUT2D eigenvalue weighted by Gasteiger charge is 2.48. The van der Waals surface area contributed by atoms with E-state index in [1.54, 1.807) is 59.5 Å². The molecule has 10 rings (SSSR count). The molecule has 22 heteroatoms. The number of carbonyl (C=O) groups excluding carboxylic acids is 6. The van der Waals surface area contributed by atoms with Crippen LogP contribution in [-0.2, 0) is 33.8 Å². The van der Waals surface area contributed by atoms with Gasteiger partial charge in [0.15, 0.2) is 11.6 Å². The Kier molecular flexibility index (Phi) is 19.3. The number of urea groups is 2. The number of nitrogens with one attached hydrogen (secondary N) is 9. The fraction of sp³-hybridized carbons (Fsp3) is 0.403. The van der Waals surface area contributed by atoms with Crippen LogP contribution in [0.4, 0.5) is 32.6 Å². The smallest absolute Gasteiger partial charge is 0.319 e. The zero-order valence-electron chi connectivity index (χ0n) is 52.0. The number of likely N-dealkylation sites (tertiary alicyclic amines) is 1. The Balaban J connectivity index is 0.762. The van der Waals surface area contributed by atoms with E-state index in [-0.39, 0.29) is 78.9 Å². The van der Waals surface area contributed by atoms with Crippen LogP contribution in [0.5, 0.6) is 0 Å². The second kappa shape index (κ2) is 27.4. The van der Waals surface area contributed by atoms with Crippen LogP contribution < -0.4 is 37.2 Å². The maximum Gasteiger partial charge on any atom is 0.319 e. The van der Waals surface area contributed by atoms with E-state index in [0.29, 0.717) is 73.3 Å². The van der Waals surface area contributed by atoms with Crippen LogP contribution in [0.2, 0.25) is 0 Å². The Bertz CT molecular complexity index is 3530. The number of carbonyl (C=O) groups is 6. The highest BCUT2D eigenvalue weighted by molar-refractivity contribution is 6.01. The lowest BCUT2D eigenvalue weighted by molar-refractivity contribution is -0.112. The van der Waals surface area contributed by atoms with Crippen molar-refractivity contribution in [3.63, 3.8) is 0 Å². The van der Waals surface area contributed by atoms with Crippen LogP contribution in [0.3, 0.4) is 0 Å². The Morgan fingerprint density at radius 3 is 1.75 bits per heavy atom. The van der Waals surface area contributed by atoms with Crippen LogP contribution in [0.15, 0.2) is 134 Å². The number of piperidine rings is 1. The van der Waals surface area contributed by atoms with Gasteiger partial charge in [0.2, 0.25) is 11.8 Å². The van der Waals surface area contributed by atoms with Crippen LogP contribution in [0.25, 0.3) is 0 Å². The molecule has 1 saturated heterocycles. The minimum atomic E-state index is -0.951. The average Bonchev–Trinajstić information content (AvgIpc) is 1.71. The van der Waals surface area contributed by atoms with Crippen molar-refractivity contribution in [3.8, 4) is 0 Å². The Labute approximate surface area is 520 Å². The molecule has 0 radical (unpaired) electrons. The number of hydrogen-bond donors (Lipinski definition) is 9. The maximum atomic E-state index is 14.7. The van der Waals surface area contributed by atoms with Crippen molar-refractivity contribution < 1.29 is 28.8 Å². The lowest BCUT2D eigenvalue weighted by atomic mass is 9.90. The van der Waals surface area contributed by atoms with E-state index < -0.39 is 11.1 Å². The van der Waals surface area contributed by atoms with Gasteiger partial charge in [0.25, 0.3) is 11.8 Å². The van der Waals surface area contributed by atoms with Crippen molar-refractivity contribution in [3.05, 3.63) is 179 Å². The SMILES string of the molecule is C=CC(=O)Nc1ccc(C(=O)N[C@@H]2CCC[C@@H](Nc3n[nH]c4c3CN(C(=O)N[C@H](CN(C)C)c3ccccc3)C4(C)C/C=C\C(=O)Nc3ccc(C(=O)N4CCCC(Nc5n[nH]c6c5CN(C(=O)N[C@H](CN(C)C)c5ccccc5)C6(C)C)C4)cc3)C2)cc1. The molecule has 1 aliphatic carbocycles. The highest BCUT2D eigenvalue weighted by atomic mass is 16.2. The van der Waals surface area contributed by atoms with E-state index in [1.807, 2.05) is 124 Å². The summed E-state index contributed by atoms with van der Waals surface area (Å²) >= 11 is 0. The zero-order chi connectivity index (χ0) is 63.0. The van der Waals surface area contributed by atoms with Crippen molar-refractivity contribution in [1.82, 2.24) is 60.8 Å². The Hall–Kier alpha value is -9.28. The first kappa shape index (κ1) is 62.8. The number of rotatable bonds is 21. The molecule has 89 heavy (non-hydrogen) atoms. The summed E-state index contributed by atoms with van der Waals surface area (Å²) in [5.41, 5.74) is 5.87. The molecule has 4 aliphatic rings. The molecular formula is C67H84N16O6. The number of fused-ring (bicyclic) bond motifs is 2. The number of aromatic nitrogens is 4. The largest absolute Gasteiger partial charge is 0.366 e. The van der Waals surface area contributed by atoms with E-state index in [4.69, 9.17) is 5.10 Å². The summed E-state index contributed by atoms with van der Waals surface area (Å²) < 4.78 is 0. The van der Waals surface area contributed by atoms with Crippen LogP contribution in [0.1, 0.15) is 132 Å². The van der Waals surface area contributed by atoms with Crippen molar-refractivity contribution >= 4 is 58.7 Å². The van der Waals surface area contributed by atoms with Crippen LogP contribution in [-0.4, -0.2) is 153 Å². The predicted octanol–water partition coefficient (Wildman–Crippen LogP) is 8.82. The second-order valence-electron chi connectivity index (χ2n) is 25.1. The monoisotopic (exact) mass is 1210 g/mol. The number of hydrogen-bond acceptors (Lipinski definition) is 12. The summed E-state index contributed by atoms with van der Waals surface area (Å²) in [5, 5.41) is 38.7. The molecule has 2 aromatic heterocycles. The third-order valence-corrected chi connectivity index (χ3v) is 17.6. The summed E-state index contributed by atoms with van der Waals surface area (Å²) in [6.45, 7) is 12.4. The number of H-pyrrole nitrogens is 2. The van der Waals surface area contributed by atoms with E-state index in [1.165, 1.54) is 12.2 Å². The number of likely N-dealkylation sites (N-methyl/N-ethyl adjacent to an activating group) is 2. The number of aromatic amines is 2. The van der Waals surface area contributed by atoms with Crippen molar-refractivity contribution in [1.29, 1.82) is 0 Å². The zero-order valence-corrected chi connectivity index (χ0v) is 52.0. The summed E-state index contributed by atoms with van der Waals surface area (Å²) in [7, 11) is 7.93. The van der Waals surface area contributed by atoms with E-state index in [2.05, 4.69) is 64.0 Å².